The number of nitrogens with two attached hydrogens (primary N) is 1. The molecule has 0 heterocycles. The molecule has 1 amide bonds. The lowest BCUT2D eigenvalue weighted by Gasteiger charge is -2.21. The van der Waals surface area contributed by atoms with E-state index in [1.165, 1.54) is 44.2 Å². The van der Waals surface area contributed by atoms with Gasteiger partial charge in [0.25, 0.3) is 0 Å². The van der Waals surface area contributed by atoms with Crippen LogP contribution in [0.2, 0.25) is 0 Å². The van der Waals surface area contributed by atoms with Gasteiger partial charge in [-0.3, -0.25) is 4.79 Å². The predicted octanol–water partition coefficient (Wildman–Crippen LogP) is 3.71. The third kappa shape index (κ3) is 4.23. The standard InChI is InChI=1S/C15H21FN2O/c16-13-10-12(7-8-14(13)17)18-15(19)9-6-11-4-2-1-3-5-11/h7-8,10-11H,1-6,9,17H2,(H,18,19). The maximum Gasteiger partial charge on any atom is 0.224 e. The van der Waals surface area contributed by atoms with E-state index in [1.807, 2.05) is 0 Å². The monoisotopic (exact) mass is 264 g/mol. The molecule has 0 aliphatic heterocycles. The lowest BCUT2D eigenvalue weighted by Crippen LogP contribution is -2.15. The molecule has 0 saturated heterocycles. The van der Waals surface area contributed by atoms with E-state index in [4.69, 9.17) is 5.73 Å². The number of carbonyl (C=O) groups excluding carboxylic acids is 1. The average Bonchev–Trinajstić information content (AvgIpc) is 2.42. The van der Waals surface area contributed by atoms with Crippen LogP contribution in [0.4, 0.5) is 15.8 Å². The minimum absolute atomic E-state index is 0.0465. The van der Waals surface area contributed by atoms with Gasteiger partial charge in [-0.1, -0.05) is 32.1 Å². The van der Waals surface area contributed by atoms with Crippen LogP contribution in [0.1, 0.15) is 44.9 Å². The number of hydrogen-bond acceptors (Lipinski definition) is 2. The molecule has 1 fully saturated rings. The molecule has 3 nitrogen and oxygen atoms in total. The summed E-state index contributed by atoms with van der Waals surface area (Å²) in [6.07, 6.45) is 7.83. The predicted molar refractivity (Wildman–Crippen MR) is 75.3 cm³/mol. The maximum atomic E-state index is 13.2. The highest BCUT2D eigenvalue weighted by Gasteiger charge is 2.15. The fourth-order valence-corrected chi connectivity index (χ4v) is 2.64. The molecule has 2 rings (SSSR count). The van der Waals surface area contributed by atoms with Crippen molar-refractivity contribution in [2.24, 2.45) is 5.92 Å². The number of amides is 1. The number of carbonyl (C=O) groups is 1. The fourth-order valence-electron chi connectivity index (χ4n) is 2.64. The number of nitrogens with one attached hydrogen (secondary N) is 1. The Morgan fingerprint density at radius 3 is 2.74 bits per heavy atom. The number of halogens is 1. The summed E-state index contributed by atoms with van der Waals surface area (Å²) in [6.45, 7) is 0. The van der Waals surface area contributed by atoms with E-state index in [1.54, 1.807) is 6.07 Å². The summed E-state index contributed by atoms with van der Waals surface area (Å²) in [5, 5.41) is 2.72. The van der Waals surface area contributed by atoms with E-state index in [0.29, 0.717) is 18.0 Å². The molecule has 1 aromatic carbocycles. The van der Waals surface area contributed by atoms with Crippen molar-refractivity contribution < 1.29 is 9.18 Å². The Balaban J connectivity index is 1.78. The Kier molecular flexibility index (Phi) is 4.77. The number of nitrogen functional groups attached to an aromatic ring is 1. The number of benzene rings is 1. The van der Waals surface area contributed by atoms with Gasteiger partial charge >= 0.3 is 0 Å². The fraction of sp³-hybridized carbons (Fsp3) is 0.533. The van der Waals surface area contributed by atoms with E-state index in [-0.39, 0.29) is 11.6 Å². The molecule has 1 aromatic rings. The van der Waals surface area contributed by atoms with Crippen LogP contribution in [0.5, 0.6) is 0 Å². The van der Waals surface area contributed by atoms with Crippen LogP contribution in [0.25, 0.3) is 0 Å². The van der Waals surface area contributed by atoms with E-state index in [0.717, 1.165) is 6.42 Å². The van der Waals surface area contributed by atoms with Crippen molar-refractivity contribution in [3.63, 3.8) is 0 Å². The minimum atomic E-state index is -0.495. The van der Waals surface area contributed by atoms with Crippen molar-refractivity contribution in [2.75, 3.05) is 11.1 Å². The molecule has 1 aliphatic carbocycles. The Morgan fingerprint density at radius 2 is 2.05 bits per heavy atom. The van der Waals surface area contributed by atoms with Crippen LogP contribution in [-0.4, -0.2) is 5.91 Å². The Labute approximate surface area is 113 Å². The molecule has 1 aliphatic rings. The third-order valence-electron chi connectivity index (χ3n) is 3.79. The van der Waals surface area contributed by atoms with E-state index >= 15 is 0 Å². The highest BCUT2D eigenvalue weighted by atomic mass is 19.1. The van der Waals surface area contributed by atoms with Crippen LogP contribution < -0.4 is 11.1 Å². The van der Waals surface area contributed by atoms with Gasteiger partial charge in [0.1, 0.15) is 5.82 Å². The van der Waals surface area contributed by atoms with Crippen molar-refractivity contribution in [2.45, 2.75) is 44.9 Å². The van der Waals surface area contributed by atoms with Crippen molar-refractivity contribution >= 4 is 17.3 Å². The highest BCUT2D eigenvalue weighted by Crippen LogP contribution is 2.27. The average molecular weight is 264 g/mol. The molecule has 19 heavy (non-hydrogen) atoms. The first kappa shape index (κ1) is 13.8. The summed E-state index contributed by atoms with van der Waals surface area (Å²) in [7, 11) is 0. The van der Waals surface area contributed by atoms with Gasteiger partial charge in [-0.05, 0) is 30.5 Å². The van der Waals surface area contributed by atoms with Gasteiger partial charge in [0.05, 0.1) is 5.69 Å². The molecule has 0 radical (unpaired) electrons. The molecule has 0 spiro atoms. The zero-order valence-electron chi connectivity index (χ0n) is 11.1. The Morgan fingerprint density at radius 1 is 1.32 bits per heavy atom. The SMILES string of the molecule is Nc1ccc(NC(=O)CCC2CCCCC2)cc1F. The van der Waals surface area contributed by atoms with Gasteiger partial charge in [0, 0.05) is 12.1 Å². The summed E-state index contributed by atoms with van der Waals surface area (Å²) in [5.74, 6) is 0.141. The Hall–Kier alpha value is -1.58. The van der Waals surface area contributed by atoms with Crippen LogP contribution in [0.3, 0.4) is 0 Å². The second kappa shape index (κ2) is 6.55. The second-order valence-corrected chi connectivity index (χ2v) is 5.33. The molecule has 1 saturated carbocycles. The summed E-state index contributed by atoms with van der Waals surface area (Å²) >= 11 is 0. The minimum Gasteiger partial charge on any atom is -0.396 e. The smallest absolute Gasteiger partial charge is 0.224 e. The molecule has 0 aromatic heterocycles. The first-order valence-electron chi connectivity index (χ1n) is 7.00. The van der Waals surface area contributed by atoms with Crippen molar-refractivity contribution in [3.8, 4) is 0 Å². The number of hydrogen-bond donors (Lipinski definition) is 2. The third-order valence-corrected chi connectivity index (χ3v) is 3.79. The summed E-state index contributed by atoms with van der Waals surface area (Å²) in [4.78, 5) is 11.8. The van der Waals surface area contributed by atoms with Gasteiger partial charge in [-0.2, -0.15) is 0 Å². The van der Waals surface area contributed by atoms with Gasteiger partial charge in [0.15, 0.2) is 0 Å². The largest absolute Gasteiger partial charge is 0.396 e. The Bertz CT molecular complexity index is 442. The topological polar surface area (TPSA) is 55.1 Å². The molecule has 0 atom stereocenters. The van der Waals surface area contributed by atoms with Gasteiger partial charge < -0.3 is 11.1 Å². The lowest BCUT2D eigenvalue weighted by atomic mass is 9.86. The van der Waals surface area contributed by atoms with Crippen LogP contribution in [0.15, 0.2) is 18.2 Å². The van der Waals surface area contributed by atoms with E-state index in [2.05, 4.69) is 5.32 Å². The first-order valence-corrected chi connectivity index (χ1v) is 7.00. The summed E-state index contributed by atoms with van der Waals surface area (Å²) in [5.41, 5.74) is 5.96. The van der Waals surface area contributed by atoms with Crippen molar-refractivity contribution in [1.29, 1.82) is 0 Å². The molecule has 104 valence electrons. The van der Waals surface area contributed by atoms with Gasteiger partial charge in [-0.25, -0.2) is 4.39 Å². The molecular formula is C15H21FN2O. The molecule has 0 bridgehead atoms. The van der Waals surface area contributed by atoms with Crippen LogP contribution in [0, 0.1) is 11.7 Å². The normalized spacial score (nSPS) is 16.3. The van der Waals surface area contributed by atoms with Gasteiger partial charge in [-0.15, -0.1) is 0 Å². The van der Waals surface area contributed by atoms with E-state index < -0.39 is 5.82 Å². The van der Waals surface area contributed by atoms with Crippen LogP contribution >= 0.6 is 0 Å². The molecule has 4 heteroatoms. The summed E-state index contributed by atoms with van der Waals surface area (Å²) < 4.78 is 13.2. The first-order chi connectivity index (χ1) is 9.15. The number of anilines is 2. The zero-order valence-corrected chi connectivity index (χ0v) is 11.1. The van der Waals surface area contributed by atoms with Crippen molar-refractivity contribution in [3.05, 3.63) is 24.0 Å². The van der Waals surface area contributed by atoms with Crippen LogP contribution in [-0.2, 0) is 4.79 Å². The van der Waals surface area contributed by atoms with Crippen molar-refractivity contribution in [1.82, 2.24) is 0 Å². The summed E-state index contributed by atoms with van der Waals surface area (Å²) in [6, 6.07) is 4.34. The highest BCUT2D eigenvalue weighted by molar-refractivity contribution is 5.90. The lowest BCUT2D eigenvalue weighted by molar-refractivity contribution is -0.116. The molecule has 0 unspecified atom stereocenters. The maximum absolute atomic E-state index is 13.2. The number of rotatable bonds is 4. The second-order valence-electron chi connectivity index (χ2n) is 5.33. The molecule has 3 N–H and O–H groups in total. The molecular weight excluding hydrogens is 243 g/mol. The zero-order chi connectivity index (χ0) is 13.7. The van der Waals surface area contributed by atoms with Gasteiger partial charge in [0.2, 0.25) is 5.91 Å². The quantitative estimate of drug-likeness (QED) is 0.814. The van der Waals surface area contributed by atoms with E-state index in [9.17, 15) is 9.18 Å².